The monoisotopic (exact) mass is 205 g/mol. The fourth-order valence-electron chi connectivity index (χ4n) is 2.22. The van der Waals surface area contributed by atoms with Crippen LogP contribution in [-0.4, -0.2) is 29.5 Å². The first kappa shape index (κ1) is 10.6. The van der Waals surface area contributed by atoms with E-state index in [2.05, 4.69) is 28.9 Å². The van der Waals surface area contributed by atoms with E-state index in [-0.39, 0.29) is 0 Å². The Morgan fingerprint density at radius 1 is 1.60 bits per heavy atom. The molecule has 2 atom stereocenters. The van der Waals surface area contributed by atoms with Gasteiger partial charge < -0.3 is 5.73 Å². The predicted molar refractivity (Wildman–Crippen MR) is 61.4 cm³/mol. The minimum Gasteiger partial charge on any atom is -0.330 e. The number of likely N-dealkylation sites (tertiary alicyclic amines) is 1. The van der Waals surface area contributed by atoms with Crippen LogP contribution in [0.2, 0.25) is 0 Å². The van der Waals surface area contributed by atoms with Crippen molar-refractivity contribution in [1.29, 1.82) is 0 Å². The summed E-state index contributed by atoms with van der Waals surface area (Å²) in [4.78, 5) is 6.87. The summed E-state index contributed by atoms with van der Waals surface area (Å²) in [5.74, 6) is 0.677. The van der Waals surface area contributed by atoms with Gasteiger partial charge in [0.05, 0.1) is 5.69 Å². The molecule has 2 heterocycles. The van der Waals surface area contributed by atoms with E-state index in [1.807, 2.05) is 12.3 Å². The van der Waals surface area contributed by atoms with Crippen LogP contribution in [0.3, 0.4) is 0 Å². The molecule has 3 nitrogen and oxygen atoms in total. The average molecular weight is 205 g/mol. The fourth-order valence-corrected chi connectivity index (χ4v) is 2.22. The number of nitrogens with two attached hydrogens (primary N) is 1. The highest BCUT2D eigenvalue weighted by Gasteiger charge is 2.26. The zero-order chi connectivity index (χ0) is 10.7. The summed E-state index contributed by atoms with van der Waals surface area (Å²) >= 11 is 0. The molecule has 1 aliphatic heterocycles. The van der Waals surface area contributed by atoms with Crippen LogP contribution in [0.15, 0.2) is 24.4 Å². The van der Waals surface area contributed by atoms with Crippen LogP contribution in [-0.2, 0) is 0 Å². The van der Waals surface area contributed by atoms with E-state index in [1.54, 1.807) is 0 Å². The largest absolute Gasteiger partial charge is 0.330 e. The van der Waals surface area contributed by atoms with E-state index in [1.165, 1.54) is 6.42 Å². The Morgan fingerprint density at radius 2 is 2.47 bits per heavy atom. The van der Waals surface area contributed by atoms with Crippen LogP contribution in [0.1, 0.15) is 25.1 Å². The van der Waals surface area contributed by atoms with Crippen molar-refractivity contribution < 1.29 is 0 Å². The van der Waals surface area contributed by atoms with E-state index >= 15 is 0 Å². The van der Waals surface area contributed by atoms with Gasteiger partial charge in [-0.05, 0) is 44.5 Å². The first-order valence-electron chi connectivity index (χ1n) is 5.66. The molecule has 2 N–H and O–H groups in total. The zero-order valence-corrected chi connectivity index (χ0v) is 9.26. The molecule has 0 aromatic carbocycles. The van der Waals surface area contributed by atoms with Gasteiger partial charge >= 0.3 is 0 Å². The van der Waals surface area contributed by atoms with Crippen molar-refractivity contribution in [2.45, 2.75) is 19.4 Å². The zero-order valence-electron chi connectivity index (χ0n) is 9.26. The Bertz CT molecular complexity index is 299. The lowest BCUT2D eigenvalue weighted by Gasteiger charge is -2.23. The van der Waals surface area contributed by atoms with E-state index in [0.29, 0.717) is 12.0 Å². The van der Waals surface area contributed by atoms with Crippen molar-refractivity contribution in [3.8, 4) is 0 Å². The third-order valence-corrected chi connectivity index (χ3v) is 3.31. The Hall–Kier alpha value is -0.930. The van der Waals surface area contributed by atoms with Crippen LogP contribution >= 0.6 is 0 Å². The second-order valence-electron chi connectivity index (χ2n) is 4.32. The molecule has 0 bridgehead atoms. The number of pyridine rings is 1. The van der Waals surface area contributed by atoms with Crippen molar-refractivity contribution in [2.75, 3.05) is 19.6 Å². The third-order valence-electron chi connectivity index (χ3n) is 3.31. The fraction of sp³-hybridized carbons (Fsp3) is 0.583. The second-order valence-corrected chi connectivity index (χ2v) is 4.32. The van der Waals surface area contributed by atoms with Gasteiger partial charge in [-0.2, -0.15) is 0 Å². The molecule has 82 valence electrons. The van der Waals surface area contributed by atoms with Gasteiger partial charge in [0.1, 0.15) is 0 Å². The molecule has 0 amide bonds. The summed E-state index contributed by atoms with van der Waals surface area (Å²) < 4.78 is 0. The minimum absolute atomic E-state index is 0.419. The molecule has 1 saturated heterocycles. The molecule has 0 radical (unpaired) electrons. The van der Waals surface area contributed by atoms with Gasteiger partial charge in [-0.15, -0.1) is 0 Å². The molecule has 0 unspecified atom stereocenters. The van der Waals surface area contributed by atoms with Crippen molar-refractivity contribution in [1.82, 2.24) is 9.88 Å². The highest BCUT2D eigenvalue weighted by Crippen LogP contribution is 2.25. The van der Waals surface area contributed by atoms with E-state index in [0.717, 1.165) is 25.3 Å². The van der Waals surface area contributed by atoms with Crippen molar-refractivity contribution in [2.24, 2.45) is 11.7 Å². The van der Waals surface area contributed by atoms with Gasteiger partial charge in [0.25, 0.3) is 0 Å². The van der Waals surface area contributed by atoms with Gasteiger partial charge in [-0.1, -0.05) is 6.07 Å². The molecule has 1 aromatic rings. The Balaban J connectivity index is 2.00. The van der Waals surface area contributed by atoms with Crippen LogP contribution in [0.25, 0.3) is 0 Å². The van der Waals surface area contributed by atoms with Gasteiger partial charge in [-0.25, -0.2) is 0 Å². The lowest BCUT2D eigenvalue weighted by Crippen LogP contribution is -2.26. The molecular weight excluding hydrogens is 186 g/mol. The van der Waals surface area contributed by atoms with E-state index < -0.39 is 0 Å². The van der Waals surface area contributed by atoms with Crippen LogP contribution in [0.5, 0.6) is 0 Å². The van der Waals surface area contributed by atoms with Crippen molar-refractivity contribution in [3.63, 3.8) is 0 Å². The number of aromatic nitrogens is 1. The normalized spacial score (nSPS) is 24.3. The molecule has 2 rings (SSSR count). The van der Waals surface area contributed by atoms with Gasteiger partial charge in [0.15, 0.2) is 0 Å². The summed E-state index contributed by atoms with van der Waals surface area (Å²) in [6, 6.07) is 6.53. The quantitative estimate of drug-likeness (QED) is 0.811. The molecule has 3 heteroatoms. The highest BCUT2D eigenvalue weighted by atomic mass is 15.2. The number of hydrogen-bond donors (Lipinski definition) is 1. The van der Waals surface area contributed by atoms with Crippen molar-refractivity contribution >= 4 is 0 Å². The summed E-state index contributed by atoms with van der Waals surface area (Å²) in [6.07, 6.45) is 3.09. The molecular formula is C12H19N3. The van der Waals surface area contributed by atoms with Crippen LogP contribution in [0, 0.1) is 5.92 Å². The Morgan fingerprint density at radius 3 is 3.07 bits per heavy atom. The van der Waals surface area contributed by atoms with Crippen molar-refractivity contribution in [3.05, 3.63) is 30.1 Å². The summed E-state index contributed by atoms with van der Waals surface area (Å²) in [5, 5.41) is 0. The number of nitrogens with zero attached hydrogens (tertiary/aromatic N) is 2. The summed E-state index contributed by atoms with van der Waals surface area (Å²) in [6.45, 7) is 5.31. The second kappa shape index (κ2) is 4.73. The van der Waals surface area contributed by atoms with Crippen LogP contribution in [0.4, 0.5) is 0 Å². The van der Waals surface area contributed by atoms with Gasteiger partial charge in [0, 0.05) is 18.8 Å². The molecule has 1 fully saturated rings. The molecule has 0 aliphatic carbocycles. The first-order chi connectivity index (χ1) is 7.31. The average Bonchev–Trinajstić information content (AvgIpc) is 2.78. The molecule has 0 spiro atoms. The van der Waals surface area contributed by atoms with Gasteiger partial charge in [0.2, 0.25) is 0 Å². The highest BCUT2D eigenvalue weighted by molar-refractivity contribution is 5.08. The minimum atomic E-state index is 0.419. The molecule has 1 aromatic heterocycles. The summed E-state index contributed by atoms with van der Waals surface area (Å²) in [7, 11) is 0. The summed E-state index contributed by atoms with van der Waals surface area (Å²) in [5.41, 5.74) is 6.85. The lowest BCUT2D eigenvalue weighted by molar-refractivity contribution is 0.249. The maximum Gasteiger partial charge on any atom is 0.0572 e. The first-order valence-corrected chi connectivity index (χ1v) is 5.66. The molecule has 0 saturated carbocycles. The number of hydrogen-bond acceptors (Lipinski definition) is 3. The Labute approximate surface area is 91.3 Å². The smallest absolute Gasteiger partial charge is 0.0572 e. The maximum absolute atomic E-state index is 5.69. The Kier molecular flexibility index (Phi) is 3.34. The number of rotatable bonds is 3. The lowest BCUT2D eigenvalue weighted by atomic mass is 10.1. The topological polar surface area (TPSA) is 42.2 Å². The van der Waals surface area contributed by atoms with E-state index in [4.69, 9.17) is 5.73 Å². The third kappa shape index (κ3) is 2.36. The van der Waals surface area contributed by atoms with Crippen LogP contribution < -0.4 is 5.73 Å². The van der Waals surface area contributed by atoms with Gasteiger partial charge in [-0.3, -0.25) is 9.88 Å². The predicted octanol–water partition coefficient (Wildman–Crippen LogP) is 1.42. The SMILES string of the molecule is C[C@H](c1ccccn1)N1CC[C@@H](CN)C1. The van der Waals surface area contributed by atoms with E-state index in [9.17, 15) is 0 Å². The standard InChI is InChI=1S/C12H19N3/c1-10(12-4-2-3-6-14-12)15-7-5-11(8-13)9-15/h2-4,6,10-11H,5,7-9,13H2,1H3/t10-,11+/m1/s1. The molecule has 15 heavy (non-hydrogen) atoms. The molecule has 1 aliphatic rings. The maximum atomic E-state index is 5.69.